The van der Waals surface area contributed by atoms with Gasteiger partial charge >= 0.3 is 0 Å². The Labute approximate surface area is 100 Å². The number of primary sulfonamides is 1. The maximum atomic E-state index is 10.7. The van der Waals surface area contributed by atoms with E-state index in [2.05, 4.69) is 19.2 Å². The van der Waals surface area contributed by atoms with Gasteiger partial charge in [-0.25, -0.2) is 13.6 Å². The molecule has 4 nitrogen and oxygen atoms in total. The second kappa shape index (κ2) is 8.96. The number of rotatable bonds is 10. The van der Waals surface area contributed by atoms with Gasteiger partial charge in [0.05, 0.1) is 5.75 Å². The minimum atomic E-state index is -3.31. The molecule has 1 atom stereocenters. The summed E-state index contributed by atoms with van der Waals surface area (Å²) in [5, 5.41) is 8.08. The van der Waals surface area contributed by atoms with Crippen molar-refractivity contribution < 1.29 is 8.42 Å². The van der Waals surface area contributed by atoms with E-state index in [0.29, 0.717) is 12.6 Å². The Balaban J connectivity index is 3.34. The number of nitrogens with one attached hydrogen (secondary N) is 1. The molecular formula is C11H26N2O2S. The molecule has 0 radical (unpaired) electrons. The number of sulfonamides is 1. The summed E-state index contributed by atoms with van der Waals surface area (Å²) in [5.41, 5.74) is 0. The monoisotopic (exact) mass is 250 g/mol. The first-order valence-corrected chi connectivity index (χ1v) is 7.91. The Morgan fingerprint density at radius 3 is 2.38 bits per heavy atom. The largest absolute Gasteiger partial charge is 0.313 e. The van der Waals surface area contributed by atoms with Gasteiger partial charge in [0, 0.05) is 12.6 Å². The van der Waals surface area contributed by atoms with Gasteiger partial charge in [-0.1, -0.05) is 39.0 Å². The lowest BCUT2D eigenvalue weighted by atomic mass is 10.1. The molecular weight excluding hydrogens is 224 g/mol. The van der Waals surface area contributed by atoms with Gasteiger partial charge in [0.25, 0.3) is 0 Å². The van der Waals surface area contributed by atoms with Crippen LogP contribution in [0.15, 0.2) is 0 Å². The van der Waals surface area contributed by atoms with Crippen LogP contribution in [0.5, 0.6) is 0 Å². The van der Waals surface area contributed by atoms with Gasteiger partial charge in [0.1, 0.15) is 0 Å². The lowest BCUT2D eigenvalue weighted by Gasteiger charge is -2.12. The smallest absolute Gasteiger partial charge is 0.210 e. The summed E-state index contributed by atoms with van der Waals surface area (Å²) in [7, 11) is -3.31. The fourth-order valence-electron chi connectivity index (χ4n) is 1.60. The molecule has 0 bridgehead atoms. The molecule has 0 heterocycles. The first-order valence-electron chi connectivity index (χ1n) is 6.19. The highest BCUT2D eigenvalue weighted by Crippen LogP contribution is 2.06. The van der Waals surface area contributed by atoms with E-state index in [0.717, 1.165) is 6.42 Å². The molecule has 5 heteroatoms. The topological polar surface area (TPSA) is 72.2 Å². The van der Waals surface area contributed by atoms with Crippen molar-refractivity contribution in [1.82, 2.24) is 5.32 Å². The van der Waals surface area contributed by atoms with Gasteiger partial charge in [-0.15, -0.1) is 0 Å². The average molecular weight is 250 g/mol. The third-order valence-corrected chi connectivity index (χ3v) is 3.39. The normalized spacial score (nSPS) is 13.9. The quantitative estimate of drug-likeness (QED) is 0.579. The number of hydrogen-bond acceptors (Lipinski definition) is 3. The fourth-order valence-corrected chi connectivity index (χ4v) is 2.01. The van der Waals surface area contributed by atoms with Crippen molar-refractivity contribution in [2.45, 2.75) is 58.4 Å². The molecule has 0 amide bonds. The summed E-state index contributed by atoms with van der Waals surface area (Å²) in [4.78, 5) is 0. The van der Waals surface area contributed by atoms with Crippen LogP contribution in [0.2, 0.25) is 0 Å². The van der Waals surface area contributed by atoms with Crippen molar-refractivity contribution in [3.63, 3.8) is 0 Å². The molecule has 0 aliphatic carbocycles. The lowest BCUT2D eigenvalue weighted by Crippen LogP contribution is -2.32. The van der Waals surface area contributed by atoms with E-state index in [1.807, 2.05) is 0 Å². The van der Waals surface area contributed by atoms with E-state index < -0.39 is 10.0 Å². The SMILES string of the molecule is CCCCCCCC(C)NCCS(N)(=O)=O. The van der Waals surface area contributed by atoms with E-state index in [9.17, 15) is 8.42 Å². The van der Waals surface area contributed by atoms with Gasteiger partial charge in [-0.3, -0.25) is 0 Å². The second-order valence-corrected chi connectivity index (χ2v) is 6.16. The van der Waals surface area contributed by atoms with Gasteiger partial charge < -0.3 is 5.32 Å². The van der Waals surface area contributed by atoms with Crippen LogP contribution < -0.4 is 10.5 Å². The Bertz CT molecular complexity index is 253. The molecule has 0 fully saturated rings. The van der Waals surface area contributed by atoms with Crippen LogP contribution in [0.4, 0.5) is 0 Å². The standard InChI is InChI=1S/C11H26N2O2S/c1-3-4-5-6-7-8-11(2)13-9-10-16(12,14)15/h11,13H,3-10H2,1-2H3,(H2,12,14,15). The summed E-state index contributed by atoms with van der Waals surface area (Å²) in [6.07, 6.45) is 7.47. The van der Waals surface area contributed by atoms with E-state index in [4.69, 9.17) is 5.14 Å². The molecule has 16 heavy (non-hydrogen) atoms. The average Bonchev–Trinajstić information content (AvgIpc) is 2.15. The zero-order valence-electron chi connectivity index (χ0n) is 10.5. The molecule has 0 spiro atoms. The van der Waals surface area contributed by atoms with Crippen molar-refractivity contribution in [2.24, 2.45) is 5.14 Å². The summed E-state index contributed by atoms with van der Waals surface area (Å²) < 4.78 is 21.4. The summed E-state index contributed by atoms with van der Waals surface area (Å²) >= 11 is 0. The van der Waals surface area contributed by atoms with Crippen molar-refractivity contribution in [1.29, 1.82) is 0 Å². The molecule has 0 aromatic rings. The van der Waals surface area contributed by atoms with Crippen molar-refractivity contribution in [2.75, 3.05) is 12.3 Å². The summed E-state index contributed by atoms with van der Waals surface area (Å²) in [5.74, 6) is 0.0210. The maximum Gasteiger partial charge on any atom is 0.210 e. The highest BCUT2D eigenvalue weighted by Gasteiger charge is 2.04. The number of hydrogen-bond donors (Lipinski definition) is 2. The van der Waals surface area contributed by atoms with E-state index in [1.165, 1.54) is 32.1 Å². The minimum Gasteiger partial charge on any atom is -0.313 e. The lowest BCUT2D eigenvalue weighted by molar-refractivity contribution is 0.490. The van der Waals surface area contributed by atoms with Crippen LogP contribution in [-0.2, 0) is 10.0 Å². The minimum absolute atomic E-state index is 0.0210. The summed E-state index contributed by atoms with van der Waals surface area (Å²) in [6, 6.07) is 0.378. The molecule has 0 aliphatic rings. The zero-order chi connectivity index (χ0) is 12.4. The van der Waals surface area contributed by atoms with Crippen LogP contribution in [-0.4, -0.2) is 26.8 Å². The van der Waals surface area contributed by atoms with Gasteiger partial charge in [-0.05, 0) is 13.3 Å². The molecule has 0 saturated carbocycles. The van der Waals surface area contributed by atoms with Crippen LogP contribution in [0, 0.1) is 0 Å². The Kier molecular flexibility index (Phi) is 8.89. The highest BCUT2D eigenvalue weighted by atomic mass is 32.2. The summed E-state index contributed by atoms with van der Waals surface area (Å²) in [6.45, 7) is 4.75. The predicted octanol–water partition coefficient (Wildman–Crippen LogP) is 1.61. The number of nitrogens with two attached hydrogens (primary N) is 1. The van der Waals surface area contributed by atoms with E-state index >= 15 is 0 Å². The first kappa shape index (κ1) is 15.9. The number of unbranched alkanes of at least 4 members (excludes halogenated alkanes) is 4. The highest BCUT2D eigenvalue weighted by molar-refractivity contribution is 7.89. The molecule has 98 valence electrons. The molecule has 0 aromatic carbocycles. The maximum absolute atomic E-state index is 10.7. The van der Waals surface area contributed by atoms with Crippen molar-refractivity contribution in [3.8, 4) is 0 Å². The third kappa shape index (κ3) is 11.9. The van der Waals surface area contributed by atoms with Crippen LogP contribution in [0.25, 0.3) is 0 Å². The van der Waals surface area contributed by atoms with Crippen molar-refractivity contribution >= 4 is 10.0 Å². The molecule has 3 N–H and O–H groups in total. The van der Waals surface area contributed by atoms with Crippen LogP contribution in [0.3, 0.4) is 0 Å². The molecule has 0 aliphatic heterocycles. The second-order valence-electron chi connectivity index (χ2n) is 4.43. The van der Waals surface area contributed by atoms with E-state index in [-0.39, 0.29) is 5.75 Å². The zero-order valence-corrected chi connectivity index (χ0v) is 11.4. The van der Waals surface area contributed by atoms with Crippen LogP contribution in [0.1, 0.15) is 52.4 Å². The van der Waals surface area contributed by atoms with Crippen molar-refractivity contribution in [3.05, 3.63) is 0 Å². The predicted molar refractivity (Wildman–Crippen MR) is 68.8 cm³/mol. The third-order valence-electron chi connectivity index (χ3n) is 2.62. The molecule has 0 saturated heterocycles. The van der Waals surface area contributed by atoms with Gasteiger partial charge in [0.2, 0.25) is 10.0 Å². The van der Waals surface area contributed by atoms with Gasteiger partial charge in [-0.2, -0.15) is 0 Å². The molecule has 0 rings (SSSR count). The molecule has 0 aromatic heterocycles. The van der Waals surface area contributed by atoms with Crippen LogP contribution >= 0.6 is 0 Å². The Morgan fingerprint density at radius 2 is 1.81 bits per heavy atom. The molecule has 1 unspecified atom stereocenters. The van der Waals surface area contributed by atoms with E-state index in [1.54, 1.807) is 0 Å². The fraction of sp³-hybridized carbons (Fsp3) is 1.00. The Hall–Kier alpha value is -0.130. The first-order chi connectivity index (χ1) is 7.45. The van der Waals surface area contributed by atoms with Gasteiger partial charge in [0.15, 0.2) is 0 Å². The Morgan fingerprint density at radius 1 is 1.19 bits per heavy atom.